The first-order valence-electron chi connectivity index (χ1n) is 6.39. The van der Waals surface area contributed by atoms with Crippen molar-refractivity contribution in [3.63, 3.8) is 0 Å². The summed E-state index contributed by atoms with van der Waals surface area (Å²) >= 11 is 0. The van der Waals surface area contributed by atoms with Crippen molar-refractivity contribution in [1.82, 2.24) is 5.32 Å². The molecule has 110 valence electrons. The molecule has 1 unspecified atom stereocenters. The lowest BCUT2D eigenvalue weighted by Gasteiger charge is -2.22. The third-order valence-electron chi connectivity index (χ3n) is 3.39. The molecular formula is C13H19N3O3S. The number of amides is 1. The highest BCUT2D eigenvalue weighted by atomic mass is 32.2. The van der Waals surface area contributed by atoms with Gasteiger partial charge in [0.25, 0.3) is 0 Å². The van der Waals surface area contributed by atoms with Crippen molar-refractivity contribution in [2.75, 3.05) is 29.4 Å². The molecule has 2 rings (SSSR count). The van der Waals surface area contributed by atoms with Crippen molar-refractivity contribution in [3.05, 3.63) is 24.3 Å². The van der Waals surface area contributed by atoms with Crippen molar-refractivity contribution in [1.29, 1.82) is 0 Å². The lowest BCUT2D eigenvalue weighted by atomic mass is 9.88. The molecule has 0 aliphatic carbocycles. The lowest BCUT2D eigenvalue weighted by Crippen LogP contribution is -2.35. The van der Waals surface area contributed by atoms with Gasteiger partial charge in [0, 0.05) is 6.54 Å². The summed E-state index contributed by atoms with van der Waals surface area (Å²) in [6.45, 7) is 3.34. The molecule has 3 N–H and O–H groups in total. The van der Waals surface area contributed by atoms with Gasteiger partial charge in [-0.05, 0) is 32.0 Å². The van der Waals surface area contributed by atoms with E-state index in [9.17, 15) is 13.2 Å². The van der Waals surface area contributed by atoms with Crippen LogP contribution >= 0.6 is 0 Å². The van der Waals surface area contributed by atoms with E-state index in [1.165, 1.54) is 0 Å². The Kier molecular flexibility index (Phi) is 4.01. The number of hydrogen-bond donors (Lipinski definition) is 3. The molecule has 1 atom stereocenters. The van der Waals surface area contributed by atoms with Crippen LogP contribution < -0.4 is 15.4 Å². The molecule has 0 saturated carbocycles. The highest BCUT2D eigenvalue weighted by Crippen LogP contribution is 2.29. The normalized spacial score (nSPS) is 22.5. The molecule has 20 heavy (non-hydrogen) atoms. The summed E-state index contributed by atoms with van der Waals surface area (Å²) in [4.78, 5) is 12.3. The van der Waals surface area contributed by atoms with Gasteiger partial charge in [-0.1, -0.05) is 12.1 Å². The molecule has 1 aliphatic heterocycles. The van der Waals surface area contributed by atoms with Gasteiger partial charge >= 0.3 is 0 Å². The quantitative estimate of drug-likeness (QED) is 0.773. The standard InChI is InChI=1S/C13H19N3O3S/c1-13(7-8-14-9-13)12(17)15-10-5-3-4-6-11(10)16-20(2,18)19/h3-6,14,16H,7-9H2,1-2H3,(H,15,17). The van der Waals surface area contributed by atoms with Crippen LogP contribution in [-0.2, 0) is 14.8 Å². The average Bonchev–Trinajstić information content (AvgIpc) is 2.78. The van der Waals surface area contributed by atoms with E-state index in [0.717, 1.165) is 19.2 Å². The molecule has 1 aliphatic rings. The molecule has 1 heterocycles. The van der Waals surface area contributed by atoms with E-state index in [1.807, 2.05) is 6.92 Å². The minimum Gasteiger partial charge on any atom is -0.324 e. The third kappa shape index (κ3) is 3.49. The van der Waals surface area contributed by atoms with Gasteiger partial charge in [-0.25, -0.2) is 8.42 Å². The number of carbonyl (C=O) groups excluding carboxylic acids is 1. The van der Waals surface area contributed by atoms with Gasteiger partial charge in [0.1, 0.15) is 0 Å². The maximum Gasteiger partial charge on any atom is 0.231 e. The maximum atomic E-state index is 12.3. The molecule has 1 fully saturated rings. The zero-order chi connectivity index (χ0) is 14.8. The van der Waals surface area contributed by atoms with E-state index in [1.54, 1.807) is 24.3 Å². The zero-order valence-electron chi connectivity index (χ0n) is 11.6. The Balaban J connectivity index is 2.19. The first-order chi connectivity index (χ1) is 9.30. The van der Waals surface area contributed by atoms with Gasteiger partial charge in [-0.2, -0.15) is 0 Å². The summed E-state index contributed by atoms with van der Waals surface area (Å²) in [5.41, 5.74) is 0.382. The van der Waals surface area contributed by atoms with Crippen LogP contribution in [-0.4, -0.2) is 33.7 Å². The predicted molar refractivity (Wildman–Crippen MR) is 79.1 cm³/mol. The summed E-state index contributed by atoms with van der Waals surface area (Å²) in [6, 6.07) is 6.75. The average molecular weight is 297 g/mol. The predicted octanol–water partition coefficient (Wildman–Crippen LogP) is 0.996. The van der Waals surface area contributed by atoms with Crippen molar-refractivity contribution < 1.29 is 13.2 Å². The fourth-order valence-electron chi connectivity index (χ4n) is 2.16. The van der Waals surface area contributed by atoms with Crippen molar-refractivity contribution in [2.24, 2.45) is 5.41 Å². The summed E-state index contributed by atoms with van der Waals surface area (Å²) < 4.78 is 25.0. The minimum atomic E-state index is -3.38. The van der Waals surface area contributed by atoms with E-state index in [0.29, 0.717) is 17.9 Å². The summed E-state index contributed by atoms with van der Waals surface area (Å²) in [6.07, 6.45) is 1.84. The monoisotopic (exact) mass is 297 g/mol. The van der Waals surface area contributed by atoms with Gasteiger partial charge in [0.15, 0.2) is 0 Å². The molecule has 6 nitrogen and oxygen atoms in total. The van der Waals surface area contributed by atoms with Crippen molar-refractivity contribution in [2.45, 2.75) is 13.3 Å². The number of hydrogen-bond acceptors (Lipinski definition) is 4. The van der Waals surface area contributed by atoms with E-state index < -0.39 is 15.4 Å². The molecule has 0 bridgehead atoms. The number of benzene rings is 1. The van der Waals surface area contributed by atoms with Gasteiger partial charge in [-0.3, -0.25) is 9.52 Å². The number of nitrogens with one attached hydrogen (secondary N) is 3. The largest absolute Gasteiger partial charge is 0.324 e. The van der Waals surface area contributed by atoms with Crippen LogP contribution in [0.3, 0.4) is 0 Å². The van der Waals surface area contributed by atoms with Crippen LogP contribution in [0.1, 0.15) is 13.3 Å². The number of anilines is 2. The van der Waals surface area contributed by atoms with Crippen LogP contribution in [0.15, 0.2) is 24.3 Å². The molecular weight excluding hydrogens is 278 g/mol. The Labute approximate surface area is 119 Å². The molecule has 0 radical (unpaired) electrons. The second-order valence-corrected chi connectivity index (χ2v) is 7.11. The highest BCUT2D eigenvalue weighted by molar-refractivity contribution is 7.92. The van der Waals surface area contributed by atoms with Crippen LogP contribution in [0, 0.1) is 5.41 Å². The number of para-hydroxylation sites is 2. The number of carbonyl (C=O) groups is 1. The van der Waals surface area contributed by atoms with Gasteiger partial charge < -0.3 is 10.6 Å². The Bertz CT molecular complexity index is 607. The smallest absolute Gasteiger partial charge is 0.231 e. The van der Waals surface area contributed by atoms with Crippen LogP contribution in [0.5, 0.6) is 0 Å². The third-order valence-corrected chi connectivity index (χ3v) is 3.98. The topological polar surface area (TPSA) is 87.3 Å². The van der Waals surface area contributed by atoms with E-state index >= 15 is 0 Å². The van der Waals surface area contributed by atoms with Gasteiger partial charge in [0.2, 0.25) is 15.9 Å². The maximum absolute atomic E-state index is 12.3. The summed E-state index contributed by atoms with van der Waals surface area (Å²) in [5.74, 6) is -0.106. The molecule has 1 aromatic rings. The van der Waals surface area contributed by atoms with Crippen molar-refractivity contribution in [3.8, 4) is 0 Å². The van der Waals surface area contributed by atoms with Crippen LogP contribution in [0.2, 0.25) is 0 Å². The zero-order valence-corrected chi connectivity index (χ0v) is 12.4. The van der Waals surface area contributed by atoms with Crippen LogP contribution in [0.4, 0.5) is 11.4 Å². The molecule has 0 aromatic heterocycles. The number of sulfonamides is 1. The first kappa shape index (κ1) is 14.8. The Hall–Kier alpha value is -1.60. The van der Waals surface area contributed by atoms with Gasteiger partial charge in [-0.15, -0.1) is 0 Å². The SMILES string of the molecule is CC1(C(=O)Nc2ccccc2NS(C)(=O)=O)CCNC1. The Morgan fingerprint density at radius 1 is 1.30 bits per heavy atom. The van der Waals surface area contributed by atoms with Gasteiger partial charge in [0.05, 0.1) is 23.0 Å². The second kappa shape index (κ2) is 5.41. The first-order valence-corrected chi connectivity index (χ1v) is 8.28. The molecule has 1 saturated heterocycles. The van der Waals surface area contributed by atoms with E-state index in [4.69, 9.17) is 0 Å². The summed E-state index contributed by atoms with van der Waals surface area (Å²) in [5, 5.41) is 5.97. The Morgan fingerprint density at radius 2 is 1.95 bits per heavy atom. The van der Waals surface area contributed by atoms with Crippen LogP contribution in [0.25, 0.3) is 0 Å². The van der Waals surface area contributed by atoms with E-state index in [-0.39, 0.29) is 5.91 Å². The molecule has 1 amide bonds. The fourth-order valence-corrected chi connectivity index (χ4v) is 2.74. The minimum absolute atomic E-state index is 0.106. The molecule has 7 heteroatoms. The van der Waals surface area contributed by atoms with Crippen molar-refractivity contribution >= 4 is 27.3 Å². The fraction of sp³-hybridized carbons (Fsp3) is 0.462. The summed E-state index contributed by atoms with van der Waals surface area (Å²) in [7, 11) is -3.38. The highest BCUT2D eigenvalue weighted by Gasteiger charge is 2.36. The number of rotatable bonds is 4. The second-order valence-electron chi connectivity index (χ2n) is 5.36. The molecule has 0 spiro atoms. The van der Waals surface area contributed by atoms with E-state index in [2.05, 4.69) is 15.4 Å². The Morgan fingerprint density at radius 3 is 2.50 bits per heavy atom. The molecule has 1 aromatic carbocycles. The lowest BCUT2D eigenvalue weighted by molar-refractivity contribution is -0.123.